The molecule has 0 radical (unpaired) electrons. The van der Waals surface area contributed by atoms with Crippen molar-refractivity contribution in [3.63, 3.8) is 0 Å². The van der Waals surface area contributed by atoms with Crippen LogP contribution in [0.2, 0.25) is 0 Å². The van der Waals surface area contributed by atoms with Crippen LogP contribution in [0, 0.1) is 11.3 Å². The van der Waals surface area contributed by atoms with Gasteiger partial charge in [-0.15, -0.1) is 13.2 Å². The number of halogens is 4. The molecular formula is C12H9BrF3NO3. The smallest absolute Gasteiger partial charge is 0.462 e. The van der Waals surface area contributed by atoms with Crippen molar-refractivity contribution >= 4 is 21.9 Å². The Morgan fingerprint density at radius 2 is 2.10 bits per heavy atom. The van der Waals surface area contributed by atoms with E-state index in [2.05, 4.69) is 20.7 Å². The van der Waals surface area contributed by atoms with Crippen LogP contribution in [0.15, 0.2) is 12.1 Å². The van der Waals surface area contributed by atoms with Gasteiger partial charge in [-0.05, 0) is 19.1 Å². The van der Waals surface area contributed by atoms with E-state index in [1.54, 1.807) is 13.0 Å². The first-order chi connectivity index (χ1) is 9.32. The topological polar surface area (TPSA) is 59.3 Å². The Balaban J connectivity index is 3.31. The van der Waals surface area contributed by atoms with Crippen LogP contribution in [0.3, 0.4) is 0 Å². The van der Waals surface area contributed by atoms with Crippen LogP contribution in [0.4, 0.5) is 13.2 Å². The molecule has 0 spiro atoms. The van der Waals surface area contributed by atoms with E-state index in [9.17, 15) is 18.0 Å². The number of nitriles is 1. The molecule has 0 bridgehead atoms. The second-order valence-electron chi connectivity index (χ2n) is 3.52. The van der Waals surface area contributed by atoms with Crippen LogP contribution in [-0.2, 0) is 10.1 Å². The molecule has 0 amide bonds. The number of ether oxygens (including phenoxy) is 2. The average molecular weight is 352 g/mol. The molecule has 0 aliphatic rings. The maximum Gasteiger partial charge on any atom is 0.573 e. The minimum atomic E-state index is -4.88. The van der Waals surface area contributed by atoms with Crippen LogP contribution in [0.1, 0.15) is 28.4 Å². The fraction of sp³-hybridized carbons (Fsp3) is 0.333. The standard InChI is InChI=1S/C12H9BrF3NO3/c1-2-19-11(18)9-3-7(5-13)10(4-8(9)6-17)20-12(14,15)16/h3-4H,2,5H2,1H3. The number of benzene rings is 1. The predicted octanol–water partition coefficient (Wildman–Crippen LogP) is 3.53. The Bertz CT molecular complexity index is 552. The second-order valence-corrected chi connectivity index (χ2v) is 4.08. The number of rotatable bonds is 4. The van der Waals surface area contributed by atoms with E-state index < -0.39 is 18.1 Å². The van der Waals surface area contributed by atoms with Crippen LogP contribution < -0.4 is 4.74 Å². The molecule has 1 rings (SSSR count). The Hall–Kier alpha value is -1.75. The molecule has 0 fully saturated rings. The molecular weight excluding hydrogens is 343 g/mol. The lowest BCUT2D eigenvalue weighted by atomic mass is 10.0. The molecule has 1 aromatic rings. The number of nitrogens with zero attached hydrogens (tertiary/aromatic N) is 1. The summed E-state index contributed by atoms with van der Waals surface area (Å²) in [4.78, 5) is 11.6. The highest BCUT2D eigenvalue weighted by molar-refractivity contribution is 9.08. The molecule has 0 aromatic heterocycles. The molecule has 8 heteroatoms. The van der Waals surface area contributed by atoms with Crippen molar-refractivity contribution in [2.45, 2.75) is 18.6 Å². The fourth-order valence-corrected chi connectivity index (χ4v) is 1.86. The van der Waals surface area contributed by atoms with Crippen molar-refractivity contribution < 1.29 is 27.4 Å². The van der Waals surface area contributed by atoms with Crippen LogP contribution in [0.25, 0.3) is 0 Å². The molecule has 0 saturated carbocycles. The number of alkyl halides is 4. The van der Waals surface area contributed by atoms with E-state index >= 15 is 0 Å². The molecule has 108 valence electrons. The van der Waals surface area contributed by atoms with E-state index in [-0.39, 0.29) is 28.6 Å². The summed E-state index contributed by atoms with van der Waals surface area (Å²) >= 11 is 3.00. The Morgan fingerprint density at radius 3 is 2.55 bits per heavy atom. The molecule has 0 aliphatic carbocycles. The van der Waals surface area contributed by atoms with Gasteiger partial charge in [-0.25, -0.2) is 4.79 Å². The summed E-state index contributed by atoms with van der Waals surface area (Å²) in [5.74, 6) is -1.30. The van der Waals surface area contributed by atoms with Crippen molar-refractivity contribution in [1.29, 1.82) is 5.26 Å². The van der Waals surface area contributed by atoms with Gasteiger partial charge in [-0.2, -0.15) is 5.26 Å². The maximum absolute atomic E-state index is 12.3. The van der Waals surface area contributed by atoms with Gasteiger partial charge in [0.15, 0.2) is 0 Å². The molecule has 0 atom stereocenters. The van der Waals surface area contributed by atoms with Crippen molar-refractivity contribution in [2.24, 2.45) is 0 Å². The summed E-state index contributed by atoms with van der Waals surface area (Å²) in [5, 5.41) is 8.94. The van der Waals surface area contributed by atoms with Crippen molar-refractivity contribution in [2.75, 3.05) is 6.61 Å². The first kappa shape index (κ1) is 16.3. The van der Waals surface area contributed by atoms with Gasteiger partial charge in [0.25, 0.3) is 0 Å². The van der Waals surface area contributed by atoms with Gasteiger partial charge in [0.2, 0.25) is 0 Å². The normalized spacial score (nSPS) is 10.8. The first-order valence-electron chi connectivity index (χ1n) is 5.38. The highest BCUT2D eigenvalue weighted by Crippen LogP contribution is 2.31. The SMILES string of the molecule is CCOC(=O)c1cc(CBr)c(OC(F)(F)F)cc1C#N. The molecule has 0 unspecified atom stereocenters. The summed E-state index contributed by atoms with van der Waals surface area (Å²) in [6, 6.07) is 3.67. The largest absolute Gasteiger partial charge is 0.573 e. The summed E-state index contributed by atoms with van der Waals surface area (Å²) < 4.78 is 45.4. The molecule has 20 heavy (non-hydrogen) atoms. The molecule has 0 saturated heterocycles. The van der Waals surface area contributed by atoms with Crippen molar-refractivity contribution in [3.8, 4) is 11.8 Å². The van der Waals surface area contributed by atoms with Gasteiger partial charge in [0.05, 0.1) is 17.7 Å². The van der Waals surface area contributed by atoms with Gasteiger partial charge in [-0.1, -0.05) is 15.9 Å². The van der Waals surface area contributed by atoms with Crippen molar-refractivity contribution in [3.05, 3.63) is 28.8 Å². The van der Waals surface area contributed by atoms with E-state index in [0.717, 1.165) is 12.1 Å². The molecule has 1 aromatic carbocycles. The monoisotopic (exact) mass is 351 g/mol. The van der Waals surface area contributed by atoms with Gasteiger partial charge >= 0.3 is 12.3 Å². The zero-order chi connectivity index (χ0) is 15.3. The number of esters is 1. The third kappa shape index (κ3) is 4.13. The number of hydrogen-bond donors (Lipinski definition) is 0. The highest BCUT2D eigenvalue weighted by atomic mass is 79.9. The minimum absolute atomic E-state index is 0.0243. The molecule has 4 nitrogen and oxygen atoms in total. The third-order valence-corrected chi connectivity index (χ3v) is 2.79. The van der Waals surface area contributed by atoms with Crippen LogP contribution >= 0.6 is 15.9 Å². The predicted molar refractivity (Wildman–Crippen MR) is 66.4 cm³/mol. The lowest BCUT2D eigenvalue weighted by Gasteiger charge is -2.14. The molecule has 0 heterocycles. The summed E-state index contributed by atoms with van der Waals surface area (Å²) in [5.41, 5.74) is -0.255. The lowest BCUT2D eigenvalue weighted by molar-refractivity contribution is -0.274. The van der Waals surface area contributed by atoms with E-state index in [4.69, 9.17) is 10.00 Å². The zero-order valence-corrected chi connectivity index (χ0v) is 11.8. The third-order valence-electron chi connectivity index (χ3n) is 2.19. The lowest BCUT2D eigenvalue weighted by Crippen LogP contribution is -2.18. The summed E-state index contributed by atoms with van der Waals surface area (Å²) in [6.45, 7) is 1.67. The highest BCUT2D eigenvalue weighted by Gasteiger charge is 2.32. The van der Waals surface area contributed by atoms with Crippen LogP contribution in [-0.4, -0.2) is 18.9 Å². The summed E-state index contributed by atoms with van der Waals surface area (Å²) in [6.07, 6.45) is -4.88. The Kier molecular flexibility index (Phi) is 5.39. The maximum atomic E-state index is 12.3. The molecule has 0 aliphatic heterocycles. The first-order valence-corrected chi connectivity index (χ1v) is 6.50. The zero-order valence-electron chi connectivity index (χ0n) is 10.3. The molecule has 0 N–H and O–H groups in total. The van der Waals surface area contributed by atoms with E-state index in [0.29, 0.717) is 0 Å². The summed E-state index contributed by atoms with van der Waals surface area (Å²) in [7, 11) is 0. The Labute approximate surface area is 121 Å². The number of hydrogen-bond acceptors (Lipinski definition) is 4. The Morgan fingerprint density at radius 1 is 1.45 bits per heavy atom. The van der Waals surface area contributed by atoms with Gasteiger partial charge in [-0.3, -0.25) is 0 Å². The van der Waals surface area contributed by atoms with Crippen LogP contribution in [0.5, 0.6) is 5.75 Å². The van der Waals surface area contributed by atoms with E-state index in [1.807, 2.05) is 0 Å². The van der Waals surface area contributed by atoms with Crippen molar-refractivity contribution in [1.82, 2.24) is 0 Å². The van der Waals surface area contributed by atoms with Gasteiger partial charge < -0.3 is 9.47 Å². The van der Waals surface area contributed by atoms with Gasteiger partial charge in [0.1, 0.15) is 11.8 Å². The van der Waals surface area contributed by atoms with Gasteiger partial charge in [0, 0.05) is 10.9 Å². The fourth-order valence-electron chi connectivity index (χ4n) is 1.42. The minimum Gasteiger partial charge on any atom is -0.462 e. The number of carbonyl (C=O) groups excluding carboxylic acids is 1. The quantitative estimate of drug-likeness (QED) is 0.615. The average Bonchev–Trinajstić information content (AvgIpc) is 2.36. The second kappa shape index (κ2) is 6.61. The van der Waals surface area contributed by atoms with E-state index in [1.165, 1.54) is 0 Å². The number of carbonyl (C=O) groups is 1.